The second kappa shape index (κ2) is 11.4. The molecule has 1 unspecified atom stereocenters. The Balaban J connectivity index is 4.08. The van der Waals surface area contributed by atoms with Crippen LogP contribution in [0, 0.1) is 5.92 Å². The van der Waals surface area contributed by atoms with Crippen molar-refractivity contribution in [3.8, 4) is 0 Å². The molecule has 0 fully saturated rings. The van der Waals surface area contributed by atoms with Crippen LogP contribution in [0.2, 0.25) is 0 Å². The highest BCUT2D eigenvalue weighted by Gasteiger charge is 2.19. The number of ether oxygens (including phenoxy) is 1. The predicted octanol–water partition coefficient (Wildman–Crippen LogP) is 3.61. The van der Waals surface area contributed by atoms with Gasteiger partial charge in [0.2, 0.25) is 0 Å². The summed E-state index contributed by atoms with van der Waals surface area (Å²) in [6.45, 7) is 11.7. The minimum absolute atomic E-state index is 0.552. The van der Waals surface area contributed by atoms with Crippen molar-refractivity contribution < 1.29 is 4.74 Å². The Morgan fingerprint density at radius 3 is 2.00 bits per heavy atom. The molecule has 0 heterocycles. The first kappa shape index (κ1) is 15.9. The van der Waals surface area contributed by atoms with Crippen LogP contribution in [0.5, 0.6) is 0 Å². The first-order chi connectivity index (χ1) is 7.79. The monoisotopic (exact) mass is 229 g/mol. The largest absolute Gasteiger partial charge is 0.380 e. The minimum atomic E-state index is 0.552. The SMILES string of the molecule is CCCOCC(NCC)C(CCC)CCC. The van der Waals surface area contributed by atoms with Crippen LogP contribution >= 0.6 is 0 Å². The molecule has 0 radical (unpaired) electrons. The van der Waals surface area contributed by atoms with Crippen LogP contribution in [0.15, 0.2) is 0 Å². The first-order valence-corrected chi connectivity index (χ1v) is 7.11. The van der Waals surface area contributed by atoms with Gasteiger partial charge < -0.3 is 10.1 Å². The van der Waals surface area contributed by atoms with Gasteiger partial charge in [-0.15, -0.1) is 0 Å². The zero-order chi connectivity index (χ0) is 12.2. The normalized spacial score (nSPS) is 13.3. The fraction of sp³-hybridized carbons (Fsp3) is 1.00. The molecule has 0 aliphatic carbocycles. The van der Waals surface area contributed by atoms with Gasteiger partial charge in [-0.3, -0.25) is 0 Å². The summed E-state index contributed by atoms with van der Waals surface area (Å²) in [5, 5.41) is 3.59. The Kier molecular flexibility index (Phi) is 11.3. The summed E-state index contributed by atoms with van der Waals surface area (Å²) in [6, 6.07) is 0.552. The van der Waals surface area contributed by atoms with Gasteiger partial charge in [0, 0.05) is 12.6 Å². The highest BCUT2D eigenvalue weighted by atomic mass is 16.5. The average Bonchev–Trinajstić information content (AvgIpc) is 2.28. The molecule has 0 aromatic carbocycles. The molecule has 16 heavy (non-hydrogen) atoms. The highest BCUT2D eigenvalue weighted by molar-refractivity contribution is 4.75. The molecular formula is C14H31NO. The molecule has 0 amide bonds. The van der Waals surface area contributed by atoms with Crippen LogP contribution in [0.1, 0.15) is 59.8 Å². The number of nitrogens with one attached hydrogen (secondary N) is 1. The van der Waals surface area contributed by atoms with E-state index < -0.39 is 0 Å². The molecule has 0 spiro atoms. The zero-order valence-electron chi connectivity index (χ0n) is 11.7. The molecule has 2 nitrogen and oxygen atoms in total. The summed E-state index contributed by atoms with van der Waals surface area (Å²) in [6.07, 6.45) is 6.31. The molecule has 0 aromatic rings. The van der Waals surface area contributed by atoms with E-state index in [0.717, 1.165) is 32.1 Å². The third-order valence-corrected chi connectivity index (χ3v) is 3.00. The van der Waals surface area contributed by atoms with Crippen molar-refractivity contribution >= 4 is 0 Å². The van der Waals surface area contributed by atoms with E-state index >= 15 is 0 Å². The predicted molar refractivity (Wildman–Crippen MR) is 71.9 cm³/mol. The maximum atomic E-state index is 5.71. The number of hydrogen-bond donors (Lipinski definition) is 1. The number of hydrogen-bond acceptors (Lipinski definition) is 2. The topological polar surface area (TPSA) is 21.3 Å². The van der Waals surface area contributed by atoms with Gasteiger partial charge in [-0.1, -0.05) is 40.5 Å². The maximum Gasteiger partial charge on any atom is 0.0622 e. The van der Waals surface area contributed by atoms with Crippen LogP contribution in [0.4, 0.5) is 0 Å². The molecule has 98 valence electrons. The molecule has 0 aliphatic rings. The van der Waals surface area contributed by atoms with Gasteiger partial charge >= 0.3 is 0 Å². The van der Waals surface area contributed by atoms with Crippen molar-refractivity contribution in [2.45, 2.75) is 65.8 Å². The number of rotatable bonds is 11. The Labute approximate surface area is 102 Å². The molecule has 1 atom stereocenters. The van der Waals surface area contributed by atoms with Gasteiger partial charge in [0.05, 0.1) is 6.61 Å². The van der Waals surface area contributed by atoms with E-state index in [9.17, 15) is 0 Å². The molecular weight excluding hydrogens is 198 g/mol. The smallest absolute Gasteiger partial charge is 0.0622 e. The van der Waals surface area contributed by atoms with E-state index in [4.69, 9.17) is 4.74 Å². The summed E-state index contributed by atoms with van der Waals surface area (Å²) in [5.74, 6) is 0.784. The van der Waals surface area contributed by atoms with Crippen molar-refractivity contribution in [1.82, 2.24) is 5.32 Å². The van der Waals surface area contributed by atoms with Crippen LogP contribution in [0.25, 0.3) is 0 Å². The Bertz CT molecular complexity index is 133. The van der Waals surface area contributed by atoms with Gasteiger partial charge in [0.15, 0.2) is 0 Å². The quantitative estimate of drug-likeness (QED) is 0.547. The summed E-state index contributed by atoms with van der Waals surface area (Å²) in [5.41, 5.74) is 0. The average molecular weight is 229 g/mol. The van der Waals surface area contributed by atoms with Crippen molar-refractivity contribution in [1.29, 1.82) is 0 Å². The molecule has 2 heteroatoms. The third kappa shape index (κ3) is 7.24. The molecule has 0 bridgehead atoms. The minimum Gasteiger partial charge on any atom is -0.380 e. The molecule has 0 saturated carbocycles. The van der Waals surface area contributed by atoms with E-state index in [1.165, 1.54) is 25.7 Å². The van der Waals surface area contributed by atoms with Crippen molar-refractivity contribution in [3.05, 3.63) is 0 Å². The lowest BCUT2D eigenvalue weighted by Gasteiger charge is -2.27. The summed E-state index contributed by atoms with van der Waals surface area (Å²) in [4.78, 5) is 0. The van der Waals surface area contributed by atoms with Crippen molar-refractivity contribution in [3.63, 3.8) is 0 Å². The second-order valence-corrected chi connectivity index (χ2v) is 4.58. The fourth-order valence-electron chi connectivity index (χ4n) is 2.27. The zero-order valence-corrected chi connectivity index (χ0v) is 11.7. The van der Waals surface area contributed by atoms with Crippen LogP contribution in [0.3, 0.4) is 0 Å². The Morgan fingerprint density at radius 2 is 1.56 bits per heavy atom. The summed E-state index contributed by atoms with van der Waals surface area (Å²) >= 11 is 0. The van der Waals surface area contributed by atoms with E-state index in [2.05, 4.69) is 33.0 Å². The van der Waals surface area contributed by atoms with Crippen LogP contribution in [-0.4, -0.2) is 25.8 Å². The lowest BCUT2D eigenvalue weighted by atomic mass is 9.91. The standard InChI is InChI=1S/C14H31NO/c1-5-9-13(10-6-2)14(15-8-4)12-16-11-7-3/h13-15H,5-12H2,1-4H3. The van der Waals surface area contributed by atoms with E-state index in [0.29, 0.717) is 6.04 Å². The molecule has 0 rings (SSSR count). The van der Waals surface area contributed by atoms with E-state index in [-0.39, 0.29) is 0 Å². The lowest BCUT2D eigenvalue weighted by molar-refractivity contribution is 0.0896. The Morgan fingerprint density at radius 1 is 0.938 bits per heavy atom. The van der Waals surface area contributed by atoms with Gasteiger partial charge in [-0.05, 0) is 31.7 Å². The second-order valence-electron chi connectivity index (χ2n) is 4.58. The number of likely N-dealkylation sites (N-methyl/N-ethyl adjacent to an activating group) is 1. The molecule has 0 aliphatic heterocycles. The van der Waals surface area contributed by atoms with Gasteiger partial charge in [-0.2, -0.15) is 0 Å². The maximum absolute atomic E-state index is 5.71. The summed E-state index contributed by atoms with van der Waals surface area (Å²) in [7, 11) is 0. The lowest BCUT2D eigenvalue weighted by Crippen LogP contribution is -2.40. The Hall–Kier alpha value is -0.0800. The van der Waals surface area contributed by atoms with Crippen molar-refractivity contribution in [2.24, 2.45) is 5.92 Å². The van der Waals surface area contributed by atoms with E-state index in [1.54, 1.807) is 0 Å². The van der Waals surface area contributed by atoms with Crippen molar-refractivity contribution in [2.75, 3.05) is 19.8 Å². The fourth-order valence-corrected chi connectivity index (χ4v) is 2.27. The van der Waals surface area contributed by atoms with E-state index in [1.807, 2.05) is 0 Å². The van der Waals surface area contributed by atoms with Crippen LogP contribution < -0.4 is 5.32 Å². The molecule has 0 aromatic heterocycles. The van der Waals surface area contributed by atoms with Crippen LogP contribution in [-0.2, 0) is 4.74 Å². The van der Waals surface area contributed by atoms with Gasteiger partial charge in [-0.25, -0.2) is 0 Å². The van der Waals surface area contributed by atoms with Gasteiger partial charge in [0.1, 0.15) is 0 Å². The highest BCUT2D eigenvalue weighted by Crippen LogP contribution is 2.18. The third-order valence-electron chi connectivity index (χ3n) is 3.00. The first-order valence-electron chi connectivity index (χ1n) is 7.11. The van der Waals surface area contributed by atoms with Gasteiger partial charge in [0.25, 0.3) is 0 Å². The molecule has 1 N–H and O–H groups in total. The molecule has 0 saturated heterocycles. The summed E-state index contributed by atoms with van der Waals surface area (Å²) < 4.78 is 5.71.